The lowest BCUT2D eigenvalue weighted by atomic mass is 10.2. The van der Waals surface area contributed by atoms with E-state index < -0.39 is 0 Å². The van der Waals surface area contributed by atoms with E-state index in [1.807, 2.05) is 0 Å². The second kappa shape index (κ2) is 6.20. The molecule has 2 rings (SSSR count). The Hall–Kier alpha value is -0.820. The molecule has 2 heterocycles. The summed E-state index contributed by atoms with van der Waals surface area (Å²) in [5, 5.41) is 10.8. The van der Waals surface area contributed by atoms with Gasteiger partial charge in [-0.3, -0.25) is 4.90 Å². The van der Waals surface area contributed by atoms with Crippen LogP contribution in [0.1, 0.15) is 36.6 Å². The topological polar surface area (TPSA) is 23.5 Å². The zero-order valence-corrected chi connectivity index (χ0v) is 11.1. The van der Waals surface area contributed by atoms with Crippen molar-refractivity contribution in [1.29, 1.82) is 0 Å². The fraction of sp³-hybridized carbons (Fsp3) is 0.571. The van der Waals surface area contributed by atoms with Gasteiger partial charge >= 0.3 is 0 Å². The van der Waals surface area contributed by atoms with Crippen LogP contribution < -0.4 is 0 Å². The third-order valence-corrected chi connectivity index (χ3v) is 4.15. The monoisotopic (exact) mass is 249 g/mol. The van der Waals surface area contributed by atoms with Crippen molar-refractivity contribution in [3.8, 4) is 11.8 Å². The molecule has 0 aliphatic carbocycles. The van der Waals surface area contributed by atoms with Crippen molar-refractivity contribution in [2.24, 2.45) is 0 Å². The Morgan fingerprint density at radius 2 is 2.47 bits per heavy atom. The van der Waals surface area contributed by atoms with Gasteiger partial charge in [0.2, 0.25) is 0 Å². The smallest absolute Gasteiger partial charge is 0.0540 e. The summed E-state index contributed by atoms with van der Waals surface area (Å²) < 4.78 is 0. The highest BCUT2D eigenvalue weighted by atomic mass is 32.1. The number of nitrogens with zero attached hydrogens (tertiary/aromatic N) is 1. The highest BCUT2D eigenvalue weighted by Crippen LogP contribution is 2.24. The molecule has 17 heavy (non-hydrogen) atoms. The maximum Gasteiger partial charge on any atom is 0.0540 e. The molecule has 92 valence electrons. The predicted molar refractivity (Wildman–Crippen MR) is 72.0 cm³/mol. The molecule has 0 spiro atoms. The molecule has 1 aromatic rings. The maximum atomic E-state index is 8.72. The van der Waals surface area contributed by atoms with Crippen LogP contribution in [-0.4, -0.2) is 29.2 Å². The number of aliphatic hydroxyl groups is 1. The van der Waals surface area contributed by atoms with Crippen LogP contribution in [0.15, 0.2) is 11.4 Å². The first-order valence-corrected chi connectivity index (χ1v) is 7.09. The molecule has 0 saturated carbocycles. The predicted octanol–water partition coefficient (Wildman–Crippen LogP) is 2.47. The van der Waals surface area contributed by atoms with Crippen LogP contribution in [0.25, 0.3) is 0 Å². The van der Waals surface area contributed by atoms with Gasteiger partial charge in [-0.05, 0) is 37.8 Å². The fourth-order valence-electron chi connectivity index (χ4n) is 2.20. The van der Waals surface area contributed by atoms with Crippen LogP contribution >= 0.6 is 11.3 Å². The summed E-state index contributed by atoms with van der Waals surface area (Å²) >= 11 is 1.79. The first-order chi connectivity index (χ1) is 8.31. The zero-order valence-electron chi connectivity index (χ0n) is 10.3. The molecule has 1 aliphatic rings. The van der Waals surface area contributed by atoms with Gasteiger partial charge in [0.1, 0.15) is 0 Å². The molecule has 1 N–H and O–H groups in total. The Morgan fingerprint density at radius 1 is 1.59 bits per heavy atom. The molecule has 0 radical (unpaired) electrons. The van der Waals surface area contributed by atoms with Crippen LogP contribution in [-0.2, 0) is 6.54 Å². The molecule has 1 fully saturated rings. The molecule has 2 nitrogen and oxygen atoms in total. The minimum Gasteiger partial charge on any atom is -0.395 e. The van der Waals surface area contributed by atoms with Gasteiger partial charge in [0.05, 0.1) is 6.61 Å². The van der Waals surface area contributed by atoms with E-state index >= 15 is 0 Å². The van der Waals surface area contributed by atoms with Crippen molar-refractivity contribution >= 4 is 11.3 Å². The van der Waals surface area contributed by atoms with Gasteiger partial charge < -0.3 is 5.11 Å². The van der Waals surface area contributed by atoms with Crippen LogP contribution in [0.5, 0.6) is 0 Å². The van der Waals surface area contributed by atoms with E-state index in [0.29, 0.717) is 12.5 Å². The first kappa shape index (κ1) is 12.6. The molecule has 1 aliphatic heterocycles. The molecular weight excluding hydrogens is 230 g/mol. The van der Waals surface area contributed by atoms with E-state index in [1.165, 1.54) is 24.3 Å². The van der Waals surface area contributed by atoms with E-state index in [0.717, 1.165) is 12.1 Å². The second-order valence-corrected chi connectivity index (χ2v) is 5.50. The second-order valence-electron chi connectivity index (χ2n) is 4.49. The first-order valence-electron chi connectivity index (χ1n) is 6.21. The largest absolute Gasteiger partial charge is 0.395 e. The molecule has 0 amide bonds. The van der Waals surface area contributed by atoms with E-state index in [1.54, 1.807) is 11.3 Å². The average molecular weight is 249 g/mol. The summed E-state index contributed by atoms with van der Waals surface area (Å²) in [6, 6.07) is 2.79. The van der Waals surface area contributed by atoms with Gasteiger partial charge in [-0.2, -0.15) is 0 Å². The van der Waals surface area contributed by atoms with Crippen molar-refractivity contribution in [1.82, 2.24) is 4.90 Å². The molecule has 0 bridgehead atoms. The zero-order chi connectivity index (χ0) is 12.1. The summed E-state index contributed by atoms with van der Waals surface area (Å²) in [5.74, 6) is 6.16. The van der Waals surface area contributed by atoms with Crippen molar-refractivity contribution < 1.29 is 5.11 Å². The highest BCUT2D eigenvalue weighted by Gasteiger charge is 2.21. The van der Waals surface area contributed by atoms with Crippen LogP contribution in [0, 0.1) is 11.8 Å². The summed E-state index contributed by atoms with van der Waals surface area (Å²) in [4.78, 5) is 3.90. The standard InChI is InChI=1S/C14H19NOS/c1-12-5-4-8-15(12)11-14-13(7-10-17-14)6-2-3-9-16/h7,10,12,16H,3-5,8-9,11H2,1H3. The fourth-order valence-corrected chi connectivity index (χ4v) is 3.05. The maximum absolute atomic E-state index is 8.72. The van der Waals surface area contributed by atoms with E-state index in [2.05, 4.69) is 35.1 Å². The average Bonchev–Trinajstić information content (AvgIpc) is 2.91. The summed E-state index contributed by atoms with van der Waals surface area (Å²) in [6.07, 6.45) is 3.20. The van der Waals surface area contributed by atoms with Crippen LogP contribution in [0.3, 0.4) is 0 Å². The van der Waals surface area contributed by atoms with Crippen molar-refractivity contribution in [3.05, 3.63) is 21.9 Å². The van der Waals surface area contributed by atoms with Gasteiger partial charge in [0, 0.05) is 29.4 Å². The van der Waals surface area contributed by atoms with Crippen molar-refractivity contribution in [3.63, 3.8) is 0 Å². The highest BCUT2D eigenvalue weighted by molar-refractivity contribution is 7.10. The van der Waals surface area contributed by atoms with Crippen molar-refractivity contribution in [2.45, 2.75) is 38.8 Å². The summed E-state index contributed by atoms with van der Waals surface area (Å²) in [7, 11) is 0. The minimum absolute atomic E-state index is 0.148. The Labute approximate surface area is 107 Å². The molecule has 1 saturated heterocycles. The van der Waals surface area contributed by atoms with Gasteiger partial charge in [-0.1, -0.05) is 11.8 Å². The Kier molecular flexibility index (Phi) is 4.61. The SMILES string of the molecule is CC1CCCN1Cc1sccc1C#CCCO. The molecule has 1 atom stereocenters. The summed E-state index contributed by atoms with van der Waals surface area (Å²) in [5.41, 5.74) is 1.14. The van der Waals surface area contributed by atoms with Crippen molar-refractivity contribution in [2.75, 3.05) is 13.2 Å². The lowest BCUT2D eigenvalue weighted by Crippen LogP contribution is -2.25. The van der Waals surface area contributed by atoms with Gasteiger partial charge in [-0.15, -0.1) is 11.3 Å². The number of hydrogen-bond donors (Lipinski definition) is 1. The minimum atomic E-state index is 0.148. The Bertz CT molecular complexity index is 415. The molecule has 3 heteroatoms. The lowest BCUT2D eigenvalue weighted by Gasteiger charge is -2.20. The van der Waals surface area contributed by atoms with Gasteiger partial charge in [0.15, 0.2) is 0 Å². The van der Waals surface area contributed by atoms with Crippen LogP contribution in [0.2, 0.25) is 0 Å². The van der Waals surface area contributed by atoms with E-state index in [-0.39, 0.29) is 6.61 Å². The third-order valence-electron chi connectivity index (χ3n) is 3.24. The number of aliphatic hydroxyl groups excluding tert-OH is 1. The normalized spacial score (nSPS) is 20.2. The summed E-state index contributed by atoms with van der Waals surface area (Å²) in [6.45, 7) is 4.69. The van der Waals surface area contributed by atoms with E-state index in [4.69, 9.17) is 5.11 Å². The lowest BCUT2D eigenvalue weighted by molar-refractivity contribution is 0.262. The van der Waals surface area contributed by atoms with E-state index in [9.17, 15) is 0 Å². The molecule has 1 aromatic heterocycles. The van der Waals surface area contributed by atoms with Gasteiger partial charge in [-0.25, -0.2) is 0 Å². The Morgan fingerprint density at radius 3 is 3.18 bits per heavy atom. The quantitative estimate of drug-likeness (QED) is 0.832. The molecular formula is C14H19NOS. The number of thiophene rings is 1. The Balaban J connectivity index is 2.01. The number of hydrogen-bond acceptors (Lipinski definition) is 3. The number of rotatable bonds is 3. The molecule has 0 aromatic carbocycles. The third kappa shape index (κ3) is 3.32. The van der Waals surface area contributed by atoms with Crippen LogP contribution in [0.4, 0.5) is 0 Å². The number of likely N-dealkylation sites (tertiary alicyclic amines) is 1. The molecule has 1 unspecified atom stereocenters. The van der Waals surface area contributed by atoms with Gasteiger partial charge in [0.25, 0.3) is 0 Å².